The molecule has 0 fully saturated rings. The maximum Gasteiger partial charge on any atom is 0.0693 e. The van der Waals surface area contributed by atoms with Crippen LogP contribution in [0, 0.1) is 10.5 Å². The molecule has 0 aliphatic rings. The Morgan fingerprint density at radius 1 is 1.42 bits per heavy atom. The van der Waals surface area contributed by atoms with Gasteiger partial charge in [0.25, 0.3) is 0 Å². The van der Waals surface area contributed by atoms with Crippen LogP contribution in [-0.2, 0) is 0 Å². The second-order valence-electron chi connectivity index (χ2n) is 4.23. The van der Waals surface area contributed by atoms with E-state index in [2.05, 4.69) is 75.9 Å². The molecule has 1 unspecified atom stereocenters. The van der Waals surface area contributed by atoms with E-state index in [0.717, 1.165) is 16.0 Å². The van der Waals surface area contributed by atoms with Crippen molar-refractivity contribution < 1.29 is 0 Å². The highest BCUT2D eigenvalue weighted by Gasteiger charge is 2.20. The third kappa shape index (κ3) is 3.73. The minimum absolute atomic E-state index is 0.184. The SMILES string of the molecule is CCNC(c1cc(Cl)ccc1I)c1sc(C)cc1Br. The van der Waals surface area contributed by atoms with E-state index in [1.54, 1.807) is 0 Å². The third-order valence-electron chi connectivity index (χ3n) is 2.78. The summed E-state index contributed by atoms with van der Waals surface area (Å²) in [6, 6.07) is 8.41. The van der Waals surface area contributed by atoms with Gasteiger partial charge in [0, 0.05) is 22.8 Å². The van der Waals surface area contributed by atoms with Gasteiger partial charge >= 0.3 is 0 Å². The lowest BCUT2D eigenvalue weighted by atomic mass is 10.1. The number of hydrogen-bond donors (Lipinski definition) is 1. The average Bonchev–Trinajstić information content (AvgIpc) is 2.69. The highest BCUT2D eigenvalue weighted by molar-refractivity contribution is 14.1. The Balaban J connectivity index is 2.51. The van der Waals surface area contributed by atoms with Gasteiger partial charge in [-0.15, -0.1) is 11.3 Å². The smallest absolute Gasteiger partial charge is 0.0693 e. The molecule has 0 aliphatic heterocycles. The van der Waals surface area contributed by atoms with Gasteiger partial charge in [-0.05, 0) is 81.8 Å². The average molecular weight is 471 g/mol. The van der Waals surface area contributed by atoms with E-state index in [4.69, 9.17) is 11.6 Å². The van der Waals surface area contributed by atoms with Crippen LogP contribution in [0.4, 0.5) is 0 Å². The van der Waals surface area contributed by atoms with Crippen molar-refractivity contribution in [1.29, 1.82) is 0 Å². The normalized spacial score (nSPS) is 12.7. The predicted molar refractivity (Wildman–Crippen MR) is 96.4 cm³/mol. The van der Waals surface area contributed by atoms with Crippen molar-refractivity contribution in [1.82, 2.24) is 5.32 Å². The molecular weight excluding hydrogens is 456 g/mol. The molecule has 0 radical (unpaired) electrons. The molecule has 5 heteroatoms. The molecule has 0 aliphatic carbocycles. The van der Waals surface area contributed by atoms with E-state index < -0.39 is 0 Å². The summed E-state index contributed by atoms with van der Waals surface area (Å²) in [5, 5.41) is 4.33. The van der Waals surface area contributed by atoms with Crippen LogP contribution in [0.2, 0.25) is 5.02 Å². The summed E-state index contributed by atoms with van der Waals surface area (Å²) in [6.07, 6.45) is 0. The molecule has 1 N–H and O–H groups in total. The van der Waals surface area contributed by atoms with E-state index in [-0.39, 0.29) is 6.04 Å². The Morgan fingerprint density at radius 3 is 2.74 bits per heavy atom. The summed E-state index contributed by atoms with van der Waals surface area (Å²) in [5.74, 6) is 0. The van der Waals surface area contributed by atoms with Gasteiger partial charge < -0.3 is 5.32 Å². The molecule has 2 rings (SSSR count). The summed E-state index contributed by atoms with van der Waals surface area (Å²) < 4.78 is 2.39. The van der Waals surface area contributed by atoms with E-state index >= 15 is 0 Å². The van der Waals surface area contributed by atoms with Crippen molar-refractivity contribution in [2.75, 3.05) is 6.54 Å². The minimum atomic E-state index is 0.184. The van der Waals surface area contributed by atoms with Gasteiger partial charge in [-0.25, -0.2) is 0 Å². The van der Waals surface area contributed by atoms with Gasteiger partial charge in [0.1, 0.15) is 0 Å². The van der Waals surface area contributed by atoms with Crippen LogP contribution in [0.1, 0.15) is 28.3 Å². The molecule has 0 saturated heterocycles. The number of rotatable bonds is 4. The van der Waals surface area contributed by atoms with Gasteiger partial charge in [0.05, 0.1) is 6.04 Å². The molecule has 0 spiro atoms. The molecule has 0 saturated carbocycles. The number of thiophene rings is 1. The second-order valence-corrected chi connectivity index (χ2v) is 7.97. The first kappa shape index (κ1) is 15.8. The first-order valence-corrected chi connectivity index (χ1v) is 9.03. The van der Waals surface area contributed by atoms with E-state index in [0.29, 0.717) is 0 Å². The van der Waals surface area contributed by atoms with Gasteiger partial charge in [-0.2, -0.15) is 0 Å². The van der Waals surface area contributed by atoms with Crippen LogP contribution in [-0.4, -0.2) is 6.54 Å². The maximum atomic E-state index is 6.15. The lowest BCUT2D eigenvalue weighted by Gasteiger charge is -2.19. The largest absolute Gasteiger partial charge is 0.306 e. The molecule has 1 atom stereocenters. The highest BCUT2D eigenvalue weighted by Crippen LogP contribution is 2.37. The number of aryl methyl sites for hydroxylation is 1. The second kappa shape index (κ2) is 6.89. The maximum absolute atomic E-state index is 6.15. The van der Waals surface area contributed by atoms with E-state index in [1.807, 2.05) is 17.4 Å². The molecular formula is C14H14BrClINS. The zero-order valence-corrected chi connectivity index (χ0v) is 16.0. The van der Waals surface area contributed by atoms with E-state index in [9.17, 15) is 0 Å². The Bertz CT molecular complexity index is 585. The van der Waals surface area contributed by atoms with E-state index in [1.165, 1.54) is 18.9 Å². The fraction of sp³-hybridized carbons (Fsp3) is 0.286. The lowest BCUT2D eigenvalue weighted by molar-refractivity contribution is 0.635. The van der Waals surface area contributed by atoms with Crippen LogP contribution >= 0.6 is 61.5 Å². The highest BCUT2D eigenvalue weighted by atomic mass is 127. The molecule has 2 aromatic rings. The van der Waals surface area contributed by atoms with Crippen LogP contribution in [0.5, 0.6) is 0 Å². The lowest BCUT2D eigenvalue weighted by Crippen LogP contribution is -2.22. The Kier molecular flexibility index (Phi) is 5.72. The molecule has 0 bridgehead atoms. The Hall–Kier alpha value is 0.380. The van der Waals surface area contributed by atoms with Gasteiger partial charge in [-0.1, -0.05) is 18.5 Å². The van der Waals surface area contributed by atoms with Gasteiger partial charge in [-0.3, -0.25) is 0 Å². The molecule has 1 aromatic heterocycles. The number of nitrogens with one attached hydrogen (secondary N) is 1. The van der Waals surface area contributed by atoms with Crippen molar-refractivity contribution in [2.45, 2.75) is 19.9 Å². The van der Waals surface area contributed by atoms with Crippen molar-refractivity contribution in [3.8, 4) is 0 Å². The molecule has 102 valence electrons. The van der Waals surface area contributed by atoms with Crippen molar-refractivity contribution >= 4 is 61.5 Å². The fourth-order valence-electron chi connectivity index (χ4n) is 1.98. The zero-order valence-electron chi connectivity index (χ0n) is 10.6. The summed E-state index contributed by atoms with van der Waals surface area (Å²) in [4.78, 5) is 2.61. The standard InChI is InChI=1S/C14H14BrClINS/c1-3-18-13(14-11(15)6-8(2)19-14)10-7-9(16)4-5-12(10)17/h4-7,13,18H,3H2,1-2H3. The molecule has 1 nitrogen and oxygen atoms in total. The first-order valence-electron chi connectivity index (χ1n) is 5.97. The van der Waals surface area contributed by atoms with Gasteiger partial charge in [0.2, 0.25) is 0 Å². The topological polar surface area (TPSA) is 12.0 Å². The molecule has 1 heterocycles. The quantitative estimate of drug-likeness (QED) is 0.559. The first-order chi connectivity index (χ1) is 9.02. The predicted octanol–water partition coefficient (Wildman–Crippen LogP) is 5.78. The number of benzene rings is 1. The van der Waals surface area contributed by atoms with Crippen LogP contribution in [0.25, 0.3) is 0 Å². The van der Waals surface area contributed by atoms with Crippen molar-refractivity contribution in [3.05, 3.63) is 52.6 Å². The summed E-state index contributed by atoms with van der Waals surface area (Å²) >= 11 is 14.0. The Labute approximate surface area is 145 Å². The van der Waals surface area contributed by atoms with Crippen LogP contribution in [0.15, 0.2) is 28.7 Å². The van der Waals surface area contributed by atoms with Crippen LogP contribution in [0.3, 0.4) is 0 Å². The van der Waals surface area contributed by atoms with Crippen molar-refractivity contribution in [3.63, 3.8) is 0 Å². The zero-order chi connectivity index (χ0) is 14.0. The molecule has 0 amide bonds. The number of hydrogen-bond acceptors (Lipinski definition) is 2. The fourth-order valence-corrected chi connectivity index (χ4v) is 4.78. The molecule has 19 heavy (non-hydrogen) atoms. The molecule has 1 aromatic carbocycles. The van der Waals surface area contributed by atoms with Gasteiger partial charge in [0.15, 0.2) is 0 Å². The number of halogens is 3. The summed E-state index contributed by atoms with van der Waals surface area (Å²) in [6.45, 7) is 5.17. The monoisotopic (exact) mass is 469 g/mol. The third-order valence-corrected chi connectivity index (χ3v) is 6.03. The minimum Gasteiger partial charge on any atom is -0.306 e. The summed E-state index contributed by atoms with van der Waals surface area (Å²) in [7, 11) is 0. The summed E-state index contributed by atoms with van der Waals surface area (Å²) in [5.41, 5.74) is 1.23. The van der Waals surface area contributed by atoms with Crippen LogP contribution < -0.4 is 5.32 Å². The Morgan fingerprint density at radius 2 is 2.16 bits per heavy atom. The van der Waals surface area contributed by atoms with Crippen molar-refractivity contribution in [2.24, 2.45) is 0 Å².